The van der Waals surface area contributed by atoms with E-state index in [-0.39, 0.29) is 5.90 Å². The lowest BCUT2D eigenvalue weighted by molar-refractivity contribution is -0.287. The molecule has 2 saturated heterocycles. The molecule has 0 aromatic heterocycles. The summed E-state index contributed by atoms with van der Waals surface area (Å²) < 4.78 is 12.8. The smallest absolute Gasteiger partial charge is 0.217 e. The summed E-state index contributed by atoms with van der Waals surface area (Å²) in [6.07, 6.45) is 10.6. The molecular formula is C26H30N4O2S. The molecule has 4 atom stereocenters. The van der Waals surface area contributed by atoms with Crippen LogP contribution < -0.4 is 0 Å². The van der Waals surface area contributed by atoms with Gasteiger partial charge in [-0.15, -0.1) is 11.8 Å². The van der Waals surface area contributed by atoms with Crippen molar-refractivity contribution < 1.29 is 9.47 Å². The molecule has 6 nitrogen and oxygen atoms in total. The van der Waals surface area contributed by atoms with Gasteiger partial charge >= 0.3 is 0 Å². The van der Waals surface area contributed by atoms with E-state index in [1.807, 2.05) is 30.5 Å². The molecule has 3 fully saturated rings. The van der Waals surface area contributed by atoms with Gasteiger partial charge in [0.1, 0.15) is 6.10 Å². The lowest BCUT2D eigenvalue weighted by Gasteiger charge is -2.50. The van der Waals surface area contributed by atoms with Crippen molar-refractivity contribution in [2.24, 2.45) is 16.7 Å². The Morgan fingerprint density at radius 1 is 0.909 bits per heavy atom. The zero-order chi connectivity index (χ0) is 23.5. The number of hydrogen-bond acceptors (Lipinski definition) is 7. The molecule has 0 amide bonds. The third-order valence-corrected chi connectivity index (χ3v) is 8.48. The molecule has 33 heavy (non-hydrogen) atoms. The molecule has 0 spiro atoms. The molecule has 1 aromatic carbocycles. The summed E-state index contributed by atoms with van der Waals surface area (Å²) in [7, 11) is 0. The molecule has 2 bridgehead atoms. The van der Waals surface area contributed by atoms with Crippen molar-refractivity contribution in [3.63, 3.8) is 0 Å². The number of nitrogens with one attached hydrogen (secondary N) is 1. The average Bonchev–Trinajstić information content (AvgIpc) is 3.02. The third kappa shape index (κ3) is 3.52. The largest absolute Gasteiger partial charge is 0.447 e. The number of hydrogen-bond donors (Lipinski definition) is 1. The van der Waals surface area contributed by atoms with Crippen LogP contribution in [0.5, 0.6) is 0 Å². The van der Waals surface area contributed by atoms with Crippen molar-refractivity contribution in [2.45, 2.75) is 81.0 Å². The predicted octanol–water partition coefficient (Wildman–Crippen LogP) is 6.26. The van der Waals surface area contributed by atoms with E-state index >= 15 is 0 Å². The SMILES string of the molecule is CSc1ccc(C2OC34CCCCCCCCCCC3C(C#N)(C(=N)O4)C2(C#N)C#N)cc1. The van der Waals surface area contributed by atoms with Gasteiger partial charge in [0.25, 0.3) is 0 Å². The maximum Gasteiger partial charge on any atom is 0.217 e. The third-order valence-electron chi connectivity index (χ3n) is 7.73. The first-order valence-electron chi connectivity index (χ1n) is 11.9. The van der Waals surface area contributed by atoms with Crippen molar-refractivity contribution >= 4 is 17.7 Å². The van der Waals surface area contributed by atoms with Gasteiger partial charge in [0.15, 0.2) is 5.41 Å². The molecular weight excluding hydrogens is 432 g/mol. The van der Waals surface area contributed by atoms with Gasteiger partial charge in [-0.05, 0) is 36.8 Å². The highest BCUT2D eigenvalue weighted by Gasteiger charge is 2.79. The summed E-state index contributed by atoms with van der Waals surface area (Å²) in [6, 6.07) is 14.2. The summed E-state index contributed by atoms with van der Waals surface area (Å²) in [5, 5.41) is 40.3. The minimum atomic E-state index is -1.87. The Labute approximate surface area is 200 Å². The Morgan fingerprint density at radius 3 is 2.09 bits per heavy atom. The lowest BCUT2D eigenvalue weighted by Crippen LogP contribution is -2.59. The fraction of sp³-hybridized carbons (Fsp3) is 0.615. The molecule has 1 saturated carbocycles. The summed E-state index contributed by atoms with van der Waals surface area (Å²) in [5.41, 5.74) is -2.87. The molecule has 1 aliphatic carbocycles. The van der Waals surface area contributed by atoms with Crippen LogP contribution in [0.15, 0.2) is 29.2 Å². The summed E-state index contributed by atoms with van der Waals surface area (Å²) in [5.74, 6) is -1.97. The van der Waals surface area contributed by atoms with E-state index in [2.05, 4.69) is 18.2 Å². The van der Waals surface area contributed by atoms with E-state index in [9.17, 15) is 15.8 Å². The van der Waals surface area contributed by atoms with Crippen LogP contribution in [-0.4, -0.2) is 17.9 Å². The molecule has 1 N–H and O–H groups in total. The minimum absolute atomic E-state index is 0.281. The first-order valence-corrected chi connectivity index (χ1v) is 13.1. The molecule has 4 unspecified atom stereocenters. The van der Waals surface area contributed by atoms with Crippen LogP contribution in [0.4, 0.5) is 0 Å². The maximum atomic E-state index is 10.6. The van der Waals surface area contributed by atoms with Crippen LogP contribution in [0, 0.1) is 56.2 Å². The molecule has 3 aliphatic rings. The Bertz CT molecular complexity index is 1010. The Kier molecular flexibility index (Phi) is 6.71. The van der Waals surface area contributed by atoms with Crippen molar-refractivity contribution in [2.75, 3.05) is 6.26 Å². The van der Waals surface area contributed by atoms with Crippen molar-refractivity contribution in [1.82, 2.24) is 0 Å². The van der Waals surface area contributed by atoms with Gasteiger partial charge in [0.2, 0.25) is 17.1 Å². The van der Waals surface area contributed by atoms with Gasteiger partial charge in [0, 0.05) is 11.3 Å². The first-order chi connectivity index (χ1) is 16.0. The van der Waals surface area contributed by atoms with E-state index < -0.39 is 28.6 Å². The molecule has 2 aliphatic heterocycles. The predicted molar refractivity (Wildman–Crippen MR) is 125 cm³/mol. The topological polar surface area (TPSA) is 114 Å². The van der Waals surface area contributed by atoms with Crippen LogP contribution in [0.3, 0.4) is 0 Å². The zero-order valence-corrected chi connectivity index (χ0v) is 19.9. The number of rotatable bonds is 2. The van der Waals surface area contributed by atoms with Gasteiger partial charge in [0.05, 0.1) is 24.1 Å². The summed E-state index contributed by atoms with van der Waals surface area (Å²) in [4.78, 5) is 1.05. The molecule has 4 rings (SSSR count). The van der Waals surface area contributed by atoms with E-state index in [1.165, 1.54) is 12.8 Å². The van der Waals surface area contributed by atoms with Gasteiger partial charge in [-0.1, -0.05) is 57.1 Å². The van der Waals surface area contributed by atoms with E-state index in [4.69, 9.17) is 14.9 Å². The molecule has 7 heteroatoms. The van der Waals surface area contributed by atoms with Crippen LogP contribution >= 0.6 is 11.8 Å². The molecule has 1 aromatic rings. The fourth-order valence-corrected chi connectivity index (χ4v) is 6.41. The van der Waals surface area contributed by atoms with Gasteiger partial charge in [-0.25, -0.2) is 0 Å². The highest BCUT2D eigenvalue weighted by Crippen LogP contribution is 2.68. The second kappa shape index (κ2) is 9.38. The van der Waals surface area contributed by atoms with Crippen molar-refractivity contribution in [3.8, 4) is 18.2 Å². The zero-order valence-electron chi connectivity index (χ0n) is 19.1. The van der Waals surface area contributed by atoms with Crippen molar-refractivity contribution in [3.05, 3.63) is 29.8 Å². The number of benzene rings is 1. The molecule has 172 valence electrons. The second-order valence-electron chi connectivity index (χ2n) is 9.39. The highest BCUT2D eigenvalue weighted by atomic mass is 32.2. The number of nitriles is 3. The molecule has 2 heterocycles. The van der Waals surface area contributed by atoms with E-state index in [0.717, 1.165) is 43.4 Å². The Hall–Kier alpha value is -2.53. The van der Waals surface area contributed by atoms with Crippen LogP contribution in [0.1, 0.15) is 75.9 Å². The Balaban J connectivity index is 1.87. The van der Waals surface area contributed by atoms with Crippen LogP contribution in [0.25, 0.3) is 0 Å². The first kappa shape index (κ1) is 23.6. The number of thioether (sulfide) groups is 1. The van der Waals surface area contributed by atoms with Gasteiger partial charge < -0.3 is 9.47 Å². The van der Waals surface area contributed by atoms with Crippen molar-refractivity contribution in [1.29, 1.82) is 21.2 Å². The summed E-state index contributed by atoms with van der Waals surface area (Å²) >= 11 is 1.60. The quantitative estimate of drug-likeness (QED) is 0.519. The minimum Gasteiger partial charge on any atom is -0.447 e. The highest BCUT2D eigenvalue weighted by molar-refractivity contribution is 7.98. The summed E-state index contributed by atoms with van der Waals surface area (Å²) in [6.45, 7) is 0. The number of ether oxygens (including phenoxy) is 2. The monoisotopic (exact) mass is 462 g/mol. The van der Waals surface area contributed by atoms with Crippen LogP contribution in [-0.2, 0) is 9.47 Å². The normalized spacial score (nSPS) is 33.7. The standard InChI is InChI=1S/C26H30N4O2S/c1-33-20-13-11-19(12-14-20)22-24(16-27,17-28)25(18-29)21-10-8-6-4-2-3-5-7-9-15-26(21,31-22)32-23(25)30/h11-14,21-22,30H,2-10,15H2,1H3. The Morgan fingerprint density at radius 2 is 1.52 bits per heavy atom. The van der Waals surface area contributed by atoms with E-state index in [0.29, 0.717) is 18.4 Å². The van der Waals surface area contributed by atoms with Gasteiger partial charge in [-0.2, -0.15) is 15.8 Å². The molecule has 0 radical (unpaired) electrons. The maximum absolute atomic E-state index is 10.6. The van der Waals surface area contributed by atoms with Crippen LogP contribution in [0.2, 0.25) is 0 Å². The van der Waals surface area contributed by atoms with E-state index in [1.54, 1.807) is 11.8 Å². The average molecular weight is 463 g/mol. The fourth-order valence-electron chi connectivity index (χ4n) is 6.00. The van der Waals surface area contributed by atoms with Gasteiger partial charge in [-0.3, -0.25) is 5.41 Å². The number of nitrogens with zero attached hydrogens (tertiary/aromatic N) is 3. The second-order valence-corrected chi connectivity index (χ2v) is 10.3. The lowest BCUT2D eigenvalue weighted by atomic mass is 9.52.